The summed E-state index contributed by atoms with van der Waals surface area (Å²) in [5.74, 6) is 0.147. The first-order chi connectivity index (χ1) is 9.62. The minimum atomic E-state index is 0.147. The highest BCUT2D eigenvalue weighted by molar-refractivity contribution is 5.97. The molecule has 0 saturated carbocycles. The Kier molecular flexibility index (Phi) is 7.04. The van der Waals surface area contributed by atoms with Crippen LogP contribution in [0.3, 0.4) is 0 Å². The van der Waals surface area contributed by atoms with Crippen LogP contribution in [0.25, 0.3) is 0 Å². The Hall–Kier alpha value is -1.59. The maximum atomic E-state index is 8.67. The first-order valence-corrected chi connectivity index (χ1v) is 7.12. The van der Waals surface area contributed by atoms with Gasteiger partial charge in [-0.25, -0.2) is 0 Å². The molecule has 1 aromatic rings. The molecule has 0 bridgehead atoms. The summed E-state index contributed by atoms with van der Waals surface area (Å²) >= 11 is 0. The van der Waals surface area contributed by atoms with E-state index in [1.165, 1.54) is 5.56 Å². The molecule has 0 aromatic heterocycles. The van der Waals surface area contributed by atoms with Gasteiger partial charge in [-0.15, -0.1) is 0 Å². The third-order valence-corrected chi connectivity index (χ3v) is 3.56. The van der Waals surface area contributed by atoms with Crippen LogP contribution in [0.1, 0.15) is 30.5 Å². The van der Waals surface area contributed by atoms with Gasteiger partial charge >= 0.3 is 0 Å². The van der Waals surface area contributed by atoms with E-state index in [2.05, 4.69) is 29.2 Å². The molecular formula is C15H26N4O. The molecule has 0 radical (unpaired) electrons. The Balaban J connectivity index is 2.49. The number of hydrogen-bond donors (Lipinski definition) is 3. The van der Waals surface area contributed by atoms with Crippen LogP contribution < -0.4 is 11.1 Å². The van der Waals surface area contributed by atoms with Gasteiger partial charge in [-0.05, 0) is 37.2 Å². The third kappa shape index (κ3) is 4.83. The SMILES string of the molecule is CCN(CC)CCNCc1ccc(/C(N)=N/O)cc1C. The van der Waals surface area contributed by atoms with Gasteiger partial charge in [0.2, 0.25) is 0 Å². The fraction of sp³-hybridized carbons (Fsp3) is 0.533. The van der Waals surface area contributed by atoms with Crippen LogP contribution >= 0.6 is 0 Å². The van der Waals surface area contributed by atoms with Gasteiger partial charge in [0.25, 0.3) is 0 Å². The predicted octanol–water partition coefficient (Wildman–Crippen LogP) is 1.52. The molecule has 0 heterocycles. The van der Waals surface area contributed by atoms with Gasteiger partial charge in [-0.2, -0.15) is 0 Å². The summed E-state index contributed by atoms with van der Waals surface area (Å²) in [4.78, 5) is 2.39. The summed E-state index contributed by atoms with van der Waals surface area (Å²) in [6.45, 7) is 11.5. The molecule has 0 aliphatic carbocycles. The molecule has 0 fully saturated rings. The van der Waals surface area contributed by atoms with Crippen molar-refractivity contribution in [2.75, 3.05) is 26.2 Å². The van der Waals surface area contributed by atoms with E-state index < -0.39 is 0 Å². The lowest BCUT2D eigenvalue weighted by Gasteiger charge is -2.18. The van der Waals surface area contributed by atoms with E-state index in [9.17, 15) is 0 Å². The minimum absolute atomic E-state index is 0.147. The molecule has 1 aromatic carbocycles. The average molecular weight is 278 g/mol. The zero-order valence-electron chi connectivity index (χ0n) is 12.7. The molecule has 4 N–H and O–H groups in total. The largest absolute Gasteiger partial charge is 0.409 e. The van der Waals surface area contributed by atoms with Crippen molar-refractivity contribution in [1.82, 2.24) is 10.2 Å². The number of nitrogens with two attached hydrogens (primary N) is 1. The van der Waals surface area contributed by atoms with Crippen LogP contribution in [-0.2, 0) is 6.54 Å². The molecule has 0 spiro atoms. The molecule has 1 rings (SSSR count). The van der Waals surface area contributed by atoms with E-state index >= 15 is 0 Å². The zero-order valence-corrected chi connectivity index (χ0v) is 12.7. The van der Waals surface area contributed by atoms with Crippen molar-refractivity contribution < 1.29 is 5.21 Å². The van der Waals surface area contributed by atoms with E-state index in [1.807, 2.05) is 25.1 Å². The van der Waals surface area contributed by atoms with Crippen LogP contribution in [-0.4, -0.2) is 42.1 Å². The molecule has 112 valence electrons. The Labute approximate surface area is 121 Å². The van der Waals surface area contributed by atoms with Crippen molar-refractivity contribution in [1.29, 1.82) is 0 Å². The summed E-state index contributed by atoms with van der Waals surface area (Å²) in [5, 5.41) is 15.1. The van der Waals surface area contributed by atoms with Gasteiger partial charge in [0.05, 0.1) is 0 Å². The summed E-state index contributed by atoms with van der Waals surface area (Å²) in [6.07, 6.45) is 0. The smallest absolute Gasteiger partial charge is 0.170 e. The Morgan fingerprint density at radius 1 is 1.35 bits per heavy atom. The van der Waals surface area contributed by atoms with Gasteiger partial charge in [0.15, 0.2) is 5.84 Å². The Morgan fingerprint density at radius 3 is 2.60 bits per heavy atom. The third-order valence-electron chi connectivity index (χ3n) is 3.56. The summed E-state index contributed by atoms with van der Waals surface area (Å²) < 4.78 is 0. The number of amidine groups is 1. The monoisotopic (exact) mass is 278 g/mol. The highest BCUT2D eigenvalue weighted by Crippen LogP contribution is 2.11. The highest BCUT2D eigenvalue weighted by Gasteiger charge is 2.04. The maximum Gasteiger partial charge on any atom is 0.170 e. The Morgan fingerprint density at radius 2 is 2.05 bits per heavy atom. The maximum absolute atomic E-state index is 8.67. The molecule has 0 aliphatic rings. The van der Waals surface area contributed by atoms with Crippen LogP contribution in [0.2, 0.25) is 0 Å². The van der Waals surface area contributed by atoms with E-state index in [4.69, 9.17) is 10.9 Å². The van der Waals surface area contributed by atoms with Crippen molar-refractivity contribution >= 4 is 5.84 Å². The second kappa shape index (κ2) is 8.55. The number of nitrogens with one attached hydrogen (secondary N) is 1. The normalized spacial score (nSPS) is 12.1. The molecule has 0 unspecified atom stereocenters. The molecule has 0 atom stereocenters. The Bertz CT molecular complexity index is 441. The van der Waals surface area contributed by atoms with Crippen LogP contribution in [0.5, 0.6) is 0 Å². The first kappa shape index (κ1) is 16.5. The van der Waals surface area contributed by atoms with Crippen molar-refractivity contribution in [2.45, 2.75) is 27.3 Å². The fourth-order valence-corrected chi connectivity index (χ4v) is 2.11. The number of aryl methyl sites for hydroxylation is 1. The number of rotatable bonds is 8. The molecule has 0 aliphatic heterocycles. The second-order valence-corrected chi connectivity index (χ2v) is 4.83. The van der Waals surface area contributed by atoms with Crippen molar-refractivity contribution in [3.8, 4) is 0 Å². The zero-order chi connectivity index (χ0) is 15.0. The summed E-state index contributed by atoms with van der Waals surface area (Å²) in [7, 11) is 0. The number of nitrogens with zero attached hydrogens (tertiary/aromatic N) is 2. The van der Waals surface area contributed by atoms with Gasteiger partial charge < -0.3 is 21.2 Å². The highest BCUT2D eigenvalue weighted by atomic mass is 16.4. The molecule has 20 heavy (non-hydrogen) atoms. The lowest BCUT2D eigenvalue weighted by Crippen LogP contribution is -2.31. The van der Waals surface area contributed by atoms with Crippen molar-refractivity contribution in [3.05, 3.63) is 34.9 Å². The average Bonchev–Trinajstić information content (AvgIpc) is 2.47. The van der Waals surface area contributed by atoms with Crippen LogP contribution in [0.15, 0.2) is 23.4 Å². The van der Waals surface area contributed by atoms with E-state index in [0.29, 0.717) is 0 Å². The van der Waals surface area contributed by atoms with E-state index in [0.717, 1.165) is 43.9 Å². The molecule has 5 heteroatoms. The standard InChI is InChI=1S/C15H26N4O/c1-4-19(5-2)9-8-17-11-14-7-6-13(10-12(14)3)15(16)18-20/h6-7,10,17,20H,4-5,8-9,11H2,1-3H3,(H2,16,18). The van der Waals surface area contributed by atoms with Crippen LogP contribution in [0, 0.1) is 6.92 Å². The second-order valence-electron chi connectivity index (χ2n) is 4.83. The lowest BCUT2D eigenvalue weighted by molar-refractivity contribution is 0.302. The van der Waals surface area contributed by atoms with E-state index in [1.54, 1.807) is 0 Å². The predicted molar refractivity (Wildman–Crippen MR) is 83.2 cm³/mol. The first-order valence-electron chi connectivity index (χ1n) is 7.12. The molecule has 0 saturated heterocycles. The van der Waals surface area contributed by atoms with Crippen molar-refractivity contribution in [2.24, 2.45) is 10.9 Å². The number of benzene rings is 1. The van der Waals surface area contributed by atoms with E-state index in [-0.39, 0.29) is 5.84 Å². The molecule has 0 amide bonds. The minimum Gasteiger partial charge on any atom is -0.409 e. The summed E-state index contributed by atoms with van der Waals surface area (Å²) in [5.41, 5.74) is 8.70. The van der Waals surface area contributed by atoms with Crippen LogP contribution in [0.4, 0.5) is 0 Å². The molecule has 5 nitrogen and oxygen atoms in total. The number of oxime groups is 1. The number of likely N-dealkylation sites (N-methyl/N-ethyl adjacent to an activating group) is 1. The quantitative estimate of drug-likeness (QED) is 0.222. The lowest BCUT2D eigenvalue weighted by atomic mass is 10.0. The van der Waals surface area contributed by atoms with Gasteiger partial charge in [0, 0.05) is 25.2 Å². The molecular weight excluding hydrogens is 252 g/mol. The van der Waals surface area contributed by atoms with Gasteiger partial charge in [-0.1, -0.05) is 31.1 Å². The van der Waals surface area contributed by atoms with Crippen molar-refractivity contribution in [3.63, 3.8) is 0 Å². The van der Waals surface area contributed by atoms with Gasteiger partial charge in [0.1, 0.15) is 0 Å². The topological polar surface area (TPSA) is 73.9 Å². The number of hydrogen-bond acceptors (Lipinski definition) is 4. The summed E-state index contributed by atoms with van der Waals surface area (Å²) in [6, 6.07) is 5.84. The fourth-order valence-electron chi connectivity index (χ4n) is 2.11. The van der Waals surface area contributed by atoms with Gasteiger partial charge in [-0.3, -0.25) is 0 Å².